The van der Waals surface area contributed by atoms with Crippen LogP contribution in [0.4, 0.5) is 0 Å². The summed E-state index contributed by atoms with van der Waals surface area (Å²) in [7, 11) is 1.67. The lowest BCUT2D eigenvalue weighted by Crippen LogP contribution is -2.34. The van der Waals surface area contributed by atoms with Crippen molar-refractivity contribution in [1.82, 2.24) is 4.90 Å². The molecular weight excluding hydrogens is 294 g/mol. The summed E-state index contributed by atoms with van der Waals surface area (Å²) >= 11 is 3.51. The fraction of sp³-hybridized carbons (Fsp3) is 0.571. The van der Waals surface area contributed by atoms with Gasteiger partial charge in [-0.25, -0.2) is 0 Å². The lowest BCUT2D eigenvalue weighted by Gasteiger charge is -2.25. The van der Waals surface area contributed by atoms with Gasteiger partial charge in [0.05, 0.1) is 18.2 Å². The Bertz CT molecular complexity index is 411. The first-order chi connectivity index (χ1) is 8.65. The topological polar surface area (TPSA) is 32.7 Å². The van der Waals surface area contributed by atoms with E-state index in [1.54, 1.807) is 7.11 Å². The molecule has 0 bridgehead atoms. The molecule has 3 nitrogen and oxygen atoms in total. The van der Waals surface area contributed by atoms with Crippen LogP contribution in [-0.4, -0.2) is 36.3 Å². The van der Waals surface area contributed by atoms with Crippen molar-refractivity contribution in [3.05, 3.63) is 28.2 Å². The van der Waals surface area contributed by atoms with E-state index in [2.05, 4.69) is 39.9 Å². The third kappa shape index (κ3) is 2.87. The molecule has 4 heteroatoms. The Morgan fingerprint density at radius 1 is 1.50 bits per heavy atom. The van der Waals surface area contributed by atoms with Crippen molar-refractivity contribution in [1.29, 1.82) is 0 Å². The Hall–Kier alpha value is -0.580. The van der Waals surface area contributed by atoms with Crippen LogP contribution in [0.25, 0.3) is 0 Å². The van der Waals surface area contributed by atoms with Crippen LogP contribution in [0.5, 0.6) is 5.75 Å². The summed E-state index contributed by atoms with van der Waals surface area (Å²) in [6.07, 6.45) is 1.17. The van der Waals surface area contributed by atoms with Crippen molar-refractivity contribution in [2.24, 2.45) is 5.92 Å². The van der Waals surface area contributed by atoms with Crippen LogP contribution in [0, 0.1) is 5.92 Å². The minimum absolute atomic E-state index is 0.249. The standard InChI is InChI=1S/C14H20BrNO2/c1-10-5-6-16(13(10)9-17)8-11-3-4-14(18-2)12(15)7-11/h3-4,7,10,13,17H,5-6,8-9H2,1-2H3. The van der Waals surface area contributed by atoms with Gasteiger partial charge in [0, 0.05) is 12.6 Å². The van der Waals surface area contributed by atoms with E-state index in [-0.39, 0.29) is 6.61 Å². The number of nitrogens with zero attached hydrogens (tertiary/aromatic N) is 1. The highest BCUT2D eigenvalue weighted by Crippen LogP contribution is 2.29. The number of aliphatic hydroxyl groups excluding tert-OH is 1. The van der Waals surface area contributed by atoms with Gasteiger partial charge in [0.2, 0.25) is 0 Å². The summed E-state index contributed by atoms with van der Waals surface area (Å²) in [5.74, 6) is 1.43. The number of likely N-dealkylation sites (tertiary alicyclic amines) is 1. The molecule has 0 radical (unpaired) electrons. The van der Waals surface area contributed by atoms with E-state index in [0.29, 0.717) is 12.0 Å². The number of aliphatic hydroxyl groups is 1. The molecule has 1 aliphatic rings. The highest BCUT2D eigenvalue weighted by atomic mass is 79.9. The van der Waals surface area contributed by atoms with E-state index in [1.807, 2.05) is 6.07 Å². The van der Waals surface area contributed by atoms with Crippen molar-refractivity contribution < 1.29 is 9.84 Å². The lowest BCUT2D eigenvalue weighted by molar-refractivity contribution is 0.134. The molecule has 0 aromatic heterocycles. The molecule has 18 heavy (non-hydrogen) atoms. The summed E-state index contributed by atoms with van der Waals surface area (Å²) in [4.78, 5) is 2.36. The molecule has 1 fully saturated rings. The first-order valence-corrected chi connectivity index (χ1v) is 7.12. The van der Waals surface area contributed by atoms with Crippen molar-refractivity contribution >= 4 is 15.9 Å². The highest BCUT2D eigenvalue weighted by Gasteiger charge is 2.30. The van der Waals surface area contributed by atoms with Crippen molar-refractivity contribution in [2.75, 3.05) is 20.3 Å². The Kier molecular flexibility index (Phi) is 4.65. The number of benzene rings is 1. The number of ether oxygens (including phenoxy) is 1. The van der Waals surface area contributed by atoms with E-state index >= 15 is 0 Å². The van der Waals surface area contributed by atoms with Gasteiger partial charge in [0.15, 0.2) is 0 Å². The van der Waals surface area contributed by atoms with E-state index < -0.39 is 0 Å². The average Bonchev–Trinajstić information content (AvgIpc) is 2.70. The Labute approximate surface area is 117 Å². The van der Waals surface area contributed by atoms with Gasteiger partial charge in [-0.05, 0) is 52.5 Å². The van der Waals surface area contributed by atoms with Crippen molar-refractivity contribution in [3.8, 4) is 5.75 Å². The quantitative estimate of drug-likeness (QED) is 0.927. The molecule has 0 saturated carbocycles. The van der Waals surface area contributed by atoms with Crippen LogP contribution in [0.15, 0.2) is 22.7 Å². The zero-order valence-corrected chi connectivity index (χ0v) is 12.5. The molecule has 2 atom stereocenters. The van der Waals surface area contributed by atoms with Gasteiger partial charge in [0.25, 0.3) is 0 Å². The van der Waals surface area contributed by atoms with Gasteiger partial charge < -0.3 is 9.84 Å². The Morgan fingerprint density at radius 3 is 2.89 bits per heavy atom. The summed E-state index contributed by atoms with van der Waals surface area (Å²) in [5, 5.41) is 9.45. The minimum Gasteiger partial charge on any atom is -0.496 e. The second-order valence-electron chi connectivity index (χ2n) is 4.96. The molecule has 1 aliphatic heterocycles. The SMILES string of the molecule is COc1ccc(CN2CCC(C)C2CO)cc1Br. The van der Waals surface area contributed by atoms with Gasteiger partial charge in [-0.3, -0.25) is 4.90 Å². The molecule has 100 valence electrons. The molecule has 1 aromatic rings. The number of halogens is 1. The highest BCUT2D eigenvalue weighted by molar-refractivity contribution is 9.10. The Morgan fingerprint density at radius 2 is 2.28 bits per heavy atom. The summed E-state index contributed by atoms with van der Waals surface area (Å²) < 4.78 is 6.21. The largest absolute Gasteiger partial charge is 0.496 e. The first-order valence-electron chi connectivity index (χ1n) is 6.33. The fourth-order valence-corrected chi connectivity index (χ4v) is 3.21. The Balaban J connectivity index is 2.07. The van der Waals surface area contributed by atoms with Crippen LogP contribution < -0.4 is 4.74 Å². The molecule has 1 N–H and O–H groups in total. The lowest BCUT2D eigenvalue weighted by atomic mass is 10.0. The maximum Gasteiger partial charge on any atom is 0.133 e. The van der Waals surface area contributed by atoms with Gasteiger partial charge >= 0.3 is 0 Å². The fourth-order valence-electron chi connectivity index (χ4n) is 2.62. The van der Waals surface area contributed by atoms with Gasteiger partial charge in [-0.15, -0.1) is 0 Å². The minimum atomic E-state index is 0.249. The third-order valence-electron chi connectivity index (χ3n) is 3.79. The molecule has 0 aliphatic carbocycles. The molecule has 0 amide bonds. The van der Waals surface area contributed by atoms with E-state index in [0.717, 1.165) is 23.3 Å². The number of rotatable bonds is 4. The van der Waals surface area contributed by atoms with Gasteiger partial charge in [-0.2, -0.15) is 0 Å². The number of methoxy groups -OCH3 is 1. The van der Waals surface area contributed by atoms with Gasteiger partial charge in [0.1, 0.15) is 5.75 Å². The van der Waals surface area contributed by atoms with Crippen LogP contribution in [0.3, 0.4) is 0 Å². The summed E-state index contributed by atoms with van der Waals surface area (Å²) in [6, 6.07) is 6.45. The summed E-state index contributed by atoms with van der Waals surface area (Å²) in [6.45, 7) is 4.41. The predicted molar refractivity (Wildman–Crippen MR) is 75.8 cm³/mol. The van der Waals surface area contributed by atoms with E-state index in [1.165, 1.54) is 12.0 Å². The van der Waals surface area contributed by atoms with Crippen LogP contribution in [-0.2, 0) is 6.54 Å². The second-order valence-corrected chi connectivity index (χ2v) is 5.81. The maximum atomic E-state index is 9.45. The number of hydrogen-bond acceptors (Lipinski definition) is 3. The summed E-state index contributed by atoms with van der Waals surface area (Å²) in [5.41, 5.74) is 1.25. The van der Waals surface area contributed by atoms with Crippen LogP contribution >= 0.6 is 15.9 Å². The zero-order valence-electron chi connectivity index (χ0n) is 10.9. The third-order valence-corrected chi connectivity index (χ3v) is 4.41. The molecule has 0 spiro atoms. The zero-order chi connectivity index (χ0) is 13.1. The second kappa shape index (κ2) is 6.04. The van der Waals surface area contributed by atoms with Crippen molar-refractivity contribution in [3.63, 3.8) is 0 Å². The molecule has 1 heterocycles. The smallest absolute Gasteiger partial charge is 0.133 e. The molecule has 2 unspecified atom stereocenters. The van der Waals surface area contributed by atoms with Crippen molar-refractivity contribution in [2.45, 2.75) is 25.9 Å². The molecule has 2 rings (SSSR count). The first kappa shape index (κ1) is 13.8. The van der Waals surface area contributed by atoms with Gasteiger partial charge in [-0.1, -0.05) is 13.0 Å². The maximum absolute atomic E-state index is 9.45. The monoisotopic (exact) mass is 313 g/mol. The van der Waals surface area contributed by atoms with Crippen LogP contribution in [0.2, 0.25) is 0 Å². The average molecular weight is 314 g/mol. The van der Waals surface area contributed by atoms with Crippen LogP contribution in [0.1, 0.15) is 18.9 Å². The number of hydrogen-bond donors (Lipinski definition) is 1. The van der Waals surface area contributed by atoms with E-state index in [9.17, 15) is 5.11 Å². The molecule has 1 aromatic carbocycles. The van der Waals surface area contributed by atoms with E-state index in [4.69, 9.17) is 4.74 Å². The molecule has 1 saturated heterocycles. The normalized spacial score (nSPS) is 24.4. The molecular formula is C14H20BrNO2. The predicted octanol–water partition coefficient (Wildman–Crippen LogP) is 2.66.